The van der Waals surface area contributed by atoms with E-state index in [1.54, 1.807) is 31.3 Å². The third-order valence-corrected chi connectivity index (χ3v) is 7.28. The Morgan fingerprint density at radius 2 is 1.52 bits per heavy atom. The number of nitrogens with zero attached hydrogens (tertiary/aromatic N) is 2. The molecule has 0 unspecified atom stereocenters. The molecule has 1 fully saturated rings. The Morgan fingerprint density at radius 3 is 2.10 bits per heavy atom. The lowest BCUT2D eigenvalue weighted by Gasteiger charge is -2.34. The molecule has 0 bridgehead atoms. The quantitative estimate of drug-likeness (QED) is 0.615. The van der Waals surface area contributed by atoms with Gasteiger partial charge in [-0.3, -0.25) is 4.79 Å². The maximum Gasteiger partial charge on any atom is 0.243 e. The van der Waals surface area contributed by atoms with E-state index in [0.717, 1.165) is 5.56 Å². The van der Waals surface area contributed by atoms with Gasteiger partial charge in [0.15, 0.2) is 11.5 Å². The van der Waals surface area contributed by atoms with Gasteiger partial charge in [-0.15, -0.1) is 0 Å². The van der Waals surface area contributed by atoms with Crippen LogP contribution in [0.5, 0.6) is 17.2 Å². The van der Waals surface area contributed by atoms with Crippen molar-refractivity contribution in [1.82, 2.24) is 9.21 Å². The number of rotatable bonds is 8. The molecule has 9 heteroatoms. The number of benzene rings is 2. The van der Waals surface area contributed by atoms with Crippen LogP contribution in [0.25, 0.3) is 0 Å². The summed E-state index contributed by atoms with van der Waals surface area (Å²) in [5.41, 5.74) is 0.978. The number of methoxy groups -OCH3 is 3. The monoisotopic (exact) mass is 448 g/mol. The van der Waals surface area contributed by atoms with Crippen molar-refractivity contribution in [3.63, 3.8) is 0 Å². The molecule has 1 saturated heterocycles. The summed E-state index contributed by atoms with van der Waals surface area (Å²) in [6.45, 7) is 1.30. The molecular weight excluding hydrogens is 420 g/mol. The standard InChI is InChI=1S/C22H28N2O6S/c1-28-18-6-8-19(9-7-18)31(26,27)24-14-12-23(13-15-24)22(25)11-5-17-4-10-20(29-2)21(16-17)30-3/h4,6-10,16H,5,11-15H2,1-3H3. The maximum absolute atomic E-state index is 12.8. The Labute approximate surface area is 183 Å². The minimum Gasteiger partial charge on any atom is -0.497 e. The van der Waals surface area contributed by atoms with Gasteiger partial charge in [0, 0.05) is 32.6 Å². The topological polar surface area (TPSA) is 85.4 Å². The molecule has 0 aromatic heterocycles. The van der Waals surface area contributed by atoms with Crippen LogP contribution in [0.1, 0.15) is 12.0 Å². The number of hydrogen-bond acceptors (Lipinski definition) is 6. The predicted molar refractivity (Wildman–Crippen MR) is 116 cm³/mol. The number of aryl methyl sites for hydroxylation is 1. The molecule has 1 heterocycles. The Bertz CT molecular complexity index is 999. The fourth-order valence-corrected chi connectivity index (χ4v) is 4.94. The first-order valence-electron chi connectivity index (χ1n) is 10.0. The lowest BCUT2D eigenvalue weighted by Crippen LogP contribution is -2.50. The van der Waals surface area contributed by atoms with Gasteiger partial charge >= 0.3 is 0 Å². The van der Waals surface area contributed by atoms with E-state index in [1.807, 2.05) is 18.2 Å². The van der Waals surface area contributed by atoms with E-state index in [1.165, 1.54) is 23.5 Å². The largest absolute Gasteiger partial charge is 0.497 e. The van der Waals surface area contributed by atoms with Crippen LogP contribution in [0.3, 0.4) is 0 Å². The zero-order chi connectivity index (χ0) is 22.4. The van der Waals surface area contributed by atoms with Gasteiger partial charge in [-0.2, -0.15) is 4.31 Å². The van der Waals surface area contributed by atoms with E-state index in [0.29, 0.717) is 43.2 Å². The molecule has 1 amide bonds. The zero-order valence-corrected chi connectivity index (χ0v) is 18.9. The number of carbonyl (C=O) groups excluding carboxylic acids is 1. The van der Waals surface area contributed by atoms with Crippen molar-refractivity contribution >= 4 is 15.9 Å². The molecule has 0 saturated carbocycles. The highest BCUT2D eigenvalue weighted by Crippen LogP contribution is 2.28. The second-order valence-corrected chi connectivity index (χ2v) is 9.09. The van der Waals surface area contributed by atoms with E-state index in [9.17, 15) is 13.2 Å². The summed E-state index contributed by atoms with van der Waals surface area (Å²) < 4.78 is 42.7. The van der Waals surface area contributed by atoms with Crippen LogP contribution in [-0.4, -0.2) is 71.0 Å². The Morgan fingerprint density at radius 1 is 0.871 bits per heavy atom. The van der Waals surface area contributed by atoms with Crippen molar-refractivity contribution in [2.45, 2.75) is 17.7 Å². The first-order chi connectivity index (χ1) is 14.9. The third kappa shape index (κ3) is 5.29. The van der Waals surface area contributed by atoms with Crippen molar-refractivity contribution in [2.75, 3.05) is 47.5 Å². The van der Waals surface area contributed by atoms with E-state index >= 15 is 0 Å². The summed E-state index contributed by atoms with van der Waals surface area (Å²) in [4.78, 5) is 14.6. The number of sulfonamides is 1. The molecule has 1 aliphatic heterocycles. The first kappa shape index (κ1) is 22.9. The van der Waals surface area contributed by atoms with Crippen LogP contribution in [-0.2, 0) is 21.2 Å². The molecule has 8 nitrogen and oxygen atoms in total. The molecule has 0 radical (unpaired) electrons. The Balaban J connectivity index is 1.54. The number of hydrogen-bond donors (Lipinski definition) is 0. The Hall–Kier alpha value is -2.78. The highest BCUT2D eigenvalue weighted by Gasteiger charge is 2.30. The predicted octanol–water partition coefficient (Wildman–Crippen LogP) is 2.18. The molecule has 0 N–H and O–H groups in total. The number of ether oxygens (including phenoxy) is 3. The van der Waals surface area contributed by atoms with E-state index in [4.69, 9.17) is 14.2 Å². The van der Waals surface area contributed by atoms with Crippen molar-refractivity contribution < 1.29 is 27.4 Å². The second kappa shape index (κ2) is 10.0. The molecule has 0 atom stereocenters. The van der Waals surface area contributed by atoms with Crippen LogP contribution in [0.4, 0.5) is 0 Å². The molecule has 168 valence electrons. The number of carbonyl (C=O) groups is 1. The summed E-state index contributed by atoms with van der Waals surface area (Å²) in [5, 5.41) is 0. The smallest absolute Gasteiger partial charge is 0.243 e. The van der Waals surface area contributed by atoms with Gasteiger partial charge in [-0.25, -0.2) is 8.42 Å². The molecule has 2 aromatic rings. The summed E-state index contributed by atoms with van der Waals surface area (Å²) in [5.74, 6) is 1.89. The summed E-state index contributed by atoms with van der Waals surface area (Å²) in [6, 6.07) is 11.9. The van der Waals surface area contributed by atoms with Crippen molar-refractivity contribution in [3.05, 3.63) is 48.0 Å². The minimum atomic E-state index is -3.59. The van der Waals surface area contributed by atoms with E-state index in [2.05, 4.69) is 0 Å². The average Bonchev–Trinajstić information content (AvgIpc) is 2.82. The van der Waals surface area contributed by atoms with E-state index in [-0.39, 0.29) is 23.9 Å². The fraction of sp³-hybridized carbons (Fsp3) is 0.409. The first-order valence-corrected chi connectivity index (χ1v) is 11.5. The van der Waals surface area contributed by atoms with Crippen LogP contribution in [0.2, 0.25) is 0 Å². The van der Waals surface area contributed by atoms with Crippen LogP contribution in [0, 0.1) is 0 Å². The number of amides is 1. The minimum absolute atomic E-state index is 0.0104. The summed E-state index contributed by atoms with van der Waals surface area (Å²) in [7, 11) is 1.10. The molecular formula is C22H28N2O6S. The summed E-state index contributed by atoms with van der Waals surface area (Å²) in [6.07, 6.45) is 0.921. The SMILES string of the molecule is COc1ccc(S(=O)(=O)N2CCN(C(=O)CCc3ccc(OC)c(OC)c3)CC2)cc1. The van der Waals surface area contributed by atoms with Crippen LogP contribution in [0.15, 0.2) is 47.4 Å². The van der Waals surface area contributed by atoms with Crippen LogP contribution >= 0.6 is 0 Å². The van der Waals surface area contributed by atoms with Crippen molar-refractivity contribution in [3.8, 4) is 17.2 Å². The zero-order valence-electron chi connectivity index (χ0n) is 18.0. The highest BCUT2D eigenvalue weighted by molar-refractivity contribution is 7.89. The van der Waals surface area contributed by atoms with Crippen molar-refractivity contribution in [1.29, 1.82) is 0 Å². The molecule has 2 aromatic carbocycles. The summed E-state index contributed by atoms with van der Waals surface area (Å²) >= 11 is 0. The second-order valence-electron chi connectivity index (χ2n) is 7.15. The van der Waals surface area contributed by atoms with E-state index < -0.39 is 10.0 Å². The highest BCUT2D eigenvalue weighted by atomic mass is 32.2. The lowest BCUT2D eigenvalue weighted by atomic mass is 10.1. The average molecular weight is 449 g/mol. The normalized spacial score (nSPS) is 14.9. The van der Waals surface area contributed by atoms with Gasteiger partial charge in [0.2, 0.25) is 15.9 Å². The molecule has 1 aliphatic rings. The van der Waals surface area contributed by atoms with Gasteiger partial charge in [-0.1, -0.05) is 6.07 Å². The molecule has 31 heavy (non-hydrogen) atoms. The van der Waals surface area contributed by atoms with Gasteiger partial charge < -0.3 is 19.1 Å². The molecule has 0 spiro atoms. The number of piperazine rings is 1. The molecule has 0 aliphatic carbocycles. The van der Waals surface area contributed by atoms with Gasteiger partial charge in [0.25, 0.3) is 0 Å². The Kier molecular flexibility index (Phi) is 7.40. The van der Waals surface area contributed by atoms with Crippen LogP contribution < -0.4 is 14.2 Å². The van der Waals surface area contributed by atoms with Gasteiger partial charge in [-0.05, 0) is 48.4 Å². The van der Waals surface area contributed by atoms with Crippen molar-refractivity contribution in [2.24, 2.45) is 0 Å². The maximum atomic E-state index is 12.8. The third-order valence-electron chi connectivity index (χ3n) is 5.36. The van der Waals surface area contributed by atoms with Gasteiger partial charge in [0.1, 0.15) is 5.75 Å². The molecule has 3 rings (SSSR count). The lowest BCUT2D eigenvalue weighted by molar-refractivity contribution is -0.132. The van der Waals surface area contributed by atoms with Gasteiger partial charge in [0.05, 0.1) is 26.2 Å². The fourth-order valence-electron chi connectivity index (χ4n) is 3.52.